The molecule has 0 saturated heterocycles. The van der Waals surface area contributed by atoms with Crippen molar-refractivity contribution in [3.63, 3.8) is 0 Å². The summed E-state index contributed by atoms with van der Waals surface area (Å²) in [6.07, 6.45) is -3.59. The predicted octanol–water partition coefficient (Wildman–Crippen LogP) is 3.32. The van der Waals surface area contributed by atoms with Crippen molar-refractivity contribution in [3.05, 3.63) is 65.2 Å². The Morgan fingerprint density at radius 3 is 2.47 bits per heavy atom. The monoisotopic (exact) mass is 271 g/mol. The third kappa shape index (κ3) is 2.90. The lowest BCUT2D eigenvalue weighted by Gasteiger charge is -2.17. The van der Waals surface area contributed by atoms with Gasteiger partial charge in [-0.05, 0) is 24.3 Å². The molecular formula is C13H9F4NO. The van der Waals surface area contributed by atoms with Crippen molar-refractivity contribution < 1.29 is 22.7 Å². The lowest BCUT2D eigenvalue weighted by atomic mass is 9.97. The Morgan fingerprint density at radius 2 is 1.89 bits per heavy atom. The van der Waals surface area contributed by atoms with Gasteiger partial charge in [0.15, 0.2) is 0 Å². The average Bonchev–Trinajstić information content (AvgIpc) is 2.37. The first-order valence-corrected chi connectivity index (χ1v) is 5.34. The zero-order valence-corrected chi connectivity index (χ0v) is 9.53. The normalized spacial score (nSPS) is 13.3. The molecule has 0 aliphatic heterocycles. The van der Waals surface area contributed by atoms with Crippen LogP contribution in [0.15, 0.2) is 42.7 Å². The van der Waals surface area contributed by atoms with Crippen LogP contribution in [0, 0.1) is 5.82 Å². The number of aliphatic hydroxyl groups is 1. The molecule has 1 aromatic heterocycles. The molecule has 19 heavy (non-hydrogen) atoms. The van der Waals surface area contributed by atoms with Crippen molar-refractivity contribution in [2.75, 3.05) is 0 Å². The summed E-state index contributed by atoms with van der Waals surface area (Å²) < 4.78 is 51.5. The van der Waals surface area contributed by atoms with E-state index < -0.39 is 29.2 Å². The highest BCUT2D eigenvalue weighted by Crippen LogP contribution is 2.36. The van der Waals surface area contributed by atoms with Gasteiger partial charge in [0.1, 0.15) is 11.9 Å². The van der Waals surface area contributed by atoms with E-state index in [-0.39, 0.29) is 5.56 Å². The number of halogens is 4. The highest BCUT2D eigenvalue weighted by Gasteiger charge is 2.35. The highest BCUT2D eigenvalue weighted by molar-refractivity contribution is 5.37. The summed E-state index contributed by atoms with van der Waals surface area (Å²) in [6.45, 7) is 0. The van der Waals surface area contributed by atoms with Crippen molar-refractivity contribution in [2.24, 2.45) is 0 Å². The maximum atomic E-state index is 13.1. The average molecular weight is 271 g/mol. The molecule has 1 atom stereocenters. The zero-order valence-electron chi connectivity index (χ0n) is 9.53. The van der Waals surface area contributed by atoms with Gasteiger partial charge in [0, 0.05) is 23.5 Å². The molecule has 0 amide bonds. The quantitative estimate of drug-likeness (QED) is 0.850. The van der Waals surface area contributed by atoms with Gasteiger partial charge >= 0.3 is 6.18 Å². The van der Waals surface area contributed by atoms with Gasteiger partial charge < -0.3 is 5.11 Å². The maximum absolute atomic E-state index is 13.1. The zero-order chi connectivity index (χ0) is 14.0. The van der Waals surface area contributed by atoms with Crippen LogP contribution in [0.25, 0.3) is 0 Å². The molecule has 0 aliphatic rings. The second kappa shape index (κ2) is 4.97. The SMILES string of the molecule is OC(c1cccnc1)c1cc(F)ccc1C(F)(F)F. The summed E-state index contributed by atoms with van der Waals surface area (Å²) >= 11 is 0. The highest BCUT2D eigenvalue weighted by atomic mass is 19.4. The van der Waals surface area contributed by atoms with Crippen LogP contribution in [0.1, 0.15) is 22.8 Å². The Bertz CT molecular complexity index is 569. The second-order valence-corrected chi connectivity index (χ2v) is 3.92. The molecule has 6 heteroatoms. The molecule has 0 bridgehead atoms. The van der Waals surface area contributed by atoms with Gasteiger partial charge in [0.25, 0.3) is 0 Å². The van der Waals surface area contributed by atoms with Crippen LogP contribution in [-0.4, -0.2) is 10.1 Å². The molecule has 100 valence electrons. The van der Waals surface area contributed by atoms with Crippen LogP contribution in [-0.2, 0) is 6.18 Å². The van der Waals surface area contributed by atoms with Crippen molar-refractivity contribution in [1.82, 2.24) is 4.98 Å². The molecule has 0 fully saturated rings. The second-order valence-electron chi connectivity index (χ2n) is 3.92. The summed E-state index contributed by atoms with van der Waals surface area (Å²) in [5.74, 6) is -0.842. The first-order valence-electron chi connectivity index (χ1n) is 5.34. The van der Waals surface area contributed by atoms with Crippen molar-refractivity contribution >= 4 is 0 Å². The van der Waals surface area contributed by atoms with E-state index >= 15 is 0 Å². The van der Waals surface area contributed by atoms with E-state index in [1.165, 1.54) is 24.5 Å². The van der Waals surface area contributed by atoms with Crippen LogP contribution in [0.5, 0.6) is 0 Å². The number of hydrogen-bond acceptors (Lipinski definition) is 2. The molecule has 1 unspecified atom stereocenters. The molecule has 0 saturated carbocycles. The van der Waals surface area contributed by atoms with E-state index in [0.29, 0.717) is 18.2 Å². The van der Waals surface area contributed by atoms with Gasteiger partial charge in [-0.3, -0.25) is 4.98 Å². The Balaban J connectivity index is 2.52. The number of hydrogen-bond donors (Lipinski definition) is 1. The molecule has 0 aliphatic carbocycles. The van der Waals surface area contributed by atoms with Crippen LogP contribution >= 0.6 is 0 Å². The fraction of sp³-hybridized carbons (Fsp3) is 0.154. The first kappa shape index (κ1) is 13.5. The number of rotatable bonds is 2. The smallest absolute Gasteiger partial charge is 0.384 e. The Morgan fingerprint density at radius 1 is 1.16 bits per heavy atom. The molecule has 2 aromatic rings. The fourth-order valence-corrected chi connectivity index (χ4v) is 1.74. The van der Waals surface area contributed by atoms with E-state index in [2.05, 4.69) is 4.98 Å². The topological polar surface area (TPSA) is 33.1 Å². The third-order valence-electron chi connectivity index (χ3n) is 2.61. The fourth-order valence-electron chi connectivity index (χ4n) is 1.74. The van der Waals surface area contributed by atoms with Gasteiger partial charge in [0.2, 0.25) is 0 Å². The summed E-state index contributed by atoms with van der Waals surface area (Å²) in [4.78, 5) is 3.71. The molecule has 0 spiro atoms. The van der Waals surface area contributed by atoms with Crippen molar-refractivity contribution in [2.45, 2.75) is 12.3 Å². The minimum absolute atomic E-state index is 0.165. The maximum Gasteiger partial charge on any atom is 0.416 e. The molecule has 2 rings (SSSR count). The predicted molar refractivity (Wildman–Crippen MR) is 59.7 cm³/mol. The molecule has 0 radical (unpaired) electrons. The van der Waals surface area contributed by atoms with Gasteiger partial charge in [0.05, 0.1) is 5.56 Å². The van der Waals surface area contributed by atoms with E-state index in [1.807, 2.05) is 0 Å². The molecular weight excluding hydrogens is 262 g/mol. The van der Waals surface area contributed by atoms with Crippen molar-refractivity contribution in [3.8, 4) is 0 Å². The van der Waals surface area contributed by atoms with Crippen LogP contribution in [0.2, 0.25) is 0 Å². The van der Waals surface area contributed by atoms with E-state index in [1.54, 1.807) is 0 Å². The van der Waals surface area contributed by atoms with Crippen LogP contribution in [0.3, 0.4) is 0 Å². The number of aromatic nitrogens is 1. The van der Waals surface area contributed by atoms with E-state index in [0.717, 1.165) is 0 Å². The standard InChI is InChI=1S/C13H9F4NO/c14-9-3-4-11(13(15,16)17)10(6-9)12(19)8-2-1-5-18-7-8/h1-7,12,19H. The Kier molecular flexibility index (Phi) is 3.53. The first-order chi connectivity index (χ1) is 8.89. The molecule has 1 N–H and O–H groups in total. The number of nitrogens with zero attached hydrogens (tertiary/aromatic N) is 1. The van der Waals surface area contributed by atoms with Crippen molar-refractivity contribution in [1.29, 1.82) is 0 Å². The summed E-state index contributed by atoms with van der Waals surface area (Å²) in [7, 11) is 0. The summed E-state index contributed by atoms with van der Waals surface area (Å²) in [5, 5.41) is 9.95. The third-order valence-corrected chi connectivity index (χ3v) is 2.61. The van der Waals surface area contributed by atoms with Gasteiger partial charge in [-0.25, -0.2) is 4.39 Å². The number of alkyl halides is 3. The lowest BCUT2D eigenvalue weighted by Crippen LogP contribution is -2.13. The van der Waals surface area contributed by atoms with Crippen LogP contribution in [0.4, 0.5) is 17.6 Å². The van der Waals surface area contributed by atoms with Gasteiger partial charge in [-0.15, -0.1) is 0 Å². The number of pyridine rings is 1. The molecule has 1 heterocycles. The van der Waals surface area contributed by atoms with E-state index in [4.69, 9.17) is 0 Å². The van der Waals surface area contributed by atoms with Crippen LogP contribution < -0.4 is 0 Å². The minimum Gasteiger partial charge on any atom is -0.384 e. The largest absolute Gasteiger partial charge is 0.416 e. The molecule has 1 aromatic carbocycles. The minimum atomic E-state index is -4.66. The van der Waals surface area contributed by atoms with Gasteiger partial charge in [-0.1, -0.05) is 6.07 Å². The number of aliphatic hydroxyl groups excluding tert-OH is 1. The number of benzene rings is 1. The lowest BCUT2D eigenvalue weighted by molar-refractivity contribution is -0.139. The van der Waals surface area contributed by atoms with E-state index in [9.17, 15) is 22.7 Å². The molecule has 2 nitrogen and oxygen atoms in total. The summed E-state index contributed by atoms with van der Waals surface area (Å²) in [6, 6.07) is 4.90. The Hall–Kier alpha value is -1.95. The van der Waals surface area contributed by atoms with Gasteiger partial charge in [-0.2, -0.15) is 13.2 Å². The summed E-state index contributed by atoms with van der Waals surface area (Å²) in [5.41, 5.74) is -1.43. The Labute approximate surface area is 106 Å².